The maximum Gasteiger partial charge on any atom is 0.416 e. The molecule has 0 aliphatic carbocycles. The van der Waals surface area contributed by atoms with Crippen LogP contribution in [0.25, 0.3) is 6.08 Å². The first-order chi connectivity index (χ1) is 18.9. The summed E-state index contributed by atoms with van der Waals surface area (Å²) in [5.41, 5.74) is 0.131. The summed E-state index contributed by atoms with van der Waals surface area (Å²) in [5, 5.41) is 1.56. The van der Waals surface area contributed by atoms with Gasteiger partial charge in [-0.25, -0.2) is 4.39 Å². The molecule has 0 bridgehead atoms. The molecule has 0 aromatic heterocycles. The molecule has 7 nitrogen and oxygen atoms in total. The number of ether oxygens (including phenoxy) is 2. The molecule has 1 N–H and O–H groups in total. The molecule has 1 fully saturated rings. The van der Waals surface area contributed by atoms with E-state index < -0.39 is 35.3 Å². The normalized spacial score (nSPS) is 14.6. The number of amides is 3. The molecule has 0 atom stereocenters. The molecular formula is C27H19BrF4N2O5S. The van der Waals surface area contributed by atoms with Crippen molar-refractivity contribution < 1.29 is 41.4 Å². The first kappa shape index (κ1) is 29.2. The maximum atomic E-state index is 13.1. The number of hydrogen-bond acceptors (Lipinski definition) is 6. The van der Waals surface area contributed by atoms with E-state index in [1.165, 1.54) is 31.4 Å². The summed E-state index contributed by atoms with van der Waals surface area (Å²) in [7, 11) is 1.43. The van der Waals surface area contributed by atoms with Crippen molar-refractivity contribution in [3.8, 4) is 11.5 Å². The minimum absolute atomic E-state index is 0.0274. The fourth-order valence-electron chi connectivity index (χ4n) is 3.57. The van der Waals surface area contributed by atoms with Crippen molar-refractivity contribution in [1.82, 2.24) is 4.90 Å². The molecule has 208 valence electrons. The zero-order valence-electron chi connectivity index (χ0n) is 20.6. The molecule has 0 spiro atoms. The number of nitrogens with zero attached hydrogens (tertiary/aromatic N) is 1. The molecule has 1 aliphatic rings. The third kappa shape index (κ3) is 7.02. The molecule has 40 heavy (non-hydrogen) atoms. The van der Waals surface area contributed by atoms with Gasteiger partial charge in [0.2, 0.25) is 5.91 Å². The highest BCUT2D eigenvalue weighted by molar-refractivity contribution is 9.10. The highest BCUT2D eigenvalue weighted by Crippen LogP contribution is 2.38. The monoisotopic (exact) mass is 638 g/mol. The zero-order chi connectivity index (χ0) is 29.0. The summed E-state index contributed by atoms with van der Waals surface area (Å²) in [6.45, 7) is -0.539. The van der Waals surface area contributed by atoms with E-state index in [1.54, 1.807) is 24.3 Å². The van der Waals surface area contributed by atoms with Crippen LogP contribution in [0, 0.1) is 5.82 Å². The van der Waals surface area contributed by atoms with E-state index in [0.29, 0.717) is 38.2 Å². The first-order valence-corrected chi connectivity index (χ1v) is 13.0. The Morgan fingerprint density at radius 1 is 1.07 bits per heavy atom. The largest absolute Gasteiger partial charge is 0.493 e. The second-order valence-electron chi connectivity index (χ2n) is 8.33. The van der Waals surface area contributed by atoms with Crippen molar-refractivity contribution in [2.75, 3.05) is 19.0 Å². The van der Waals surface area contributed by atoms with Gasteiger partial charge in [-0.05, 0) is 71.4 Å². The lowest BCUT2D eigenvalue weighted by atomic mass is 10.1. The molecule has 13 heteroatoms. The third-order valence-corrected chi connectivity index (χ3v) is 7.12. The Morgan fingerprint density at radius 3 is 2.48 bits per heavy atom. The van der Waals surface area contributed by atoms with E-state index in [1.807, 2.05) is 0 Å². The highest BCUT2D eigenvalue weighted by atomic mass is 79.9. The Labute approximate surface area is 238 Å². The molecule has 0 radical (unpaired) electrons. The number of halogens is 5. The predicted octanol–water partition coefficient (Wildman–Crippen LogP) is 6.87. The number of carbonyl (C=O) groups excluding carboxylic acids is 3. The molecule has 1 aliphatic heterocycles. The lowest BCUT2D eigenvalue weighted by Crippen LogP contribution is -2.36. The Bertz CT molecular complexity index is 1500. The number of nitrogens with one attached hydrogen (secondary N) is 1. The number of methoxy groups -OCH3 is 1. The summed E-state index contributed by atoms with van der Waals surface area (Å²) in [4.78, 5) is 38.5. The Kier molecular flexibility index (Phi) is 8.84. The molecular weight excluding hydrogens is 620 g/mol. The van der Waals surface area contributed by atoms with Crippen LogP contribution in [-0.2, 0) is 22.4 Å². The predicted molar refractivity (Wildman–Crippen MR) is 144 cm³/mol. The van der Waals surface area contributed by atoms with Crippen LogP contribution in [-0.4, -0.2) is 35.6 Å². The van der Waals surface area contributed by atoms with E-state index in [0.717, 1.165) is 23.8 Å². The Morgan fingerprint density at radius 2 is 1.80 bits per heavy atom. The third-order valence-electron chi connectivity index (χ3n) is 5.53. The Balaban J connectivity index is 1.45. The minimum atomic E-state index is -4.60. The zero-order valence-corrected chi connectivity index (χ0v) is 23.0. The van der Waals surface area contributed by atoms with E-state index in [-0.39, 0.29) is 23.0 Å². The van der Waals surface area contributed by atoms with Crippen molar-refractivity contribution in [3.05, 3.63) is 92.5 Å². The van der Waals surface area contributed by atoms with E-state index >= 15 is 0 Å². The molecule has 0 saturated carbocycles. The number of thioether (sulfide) groups is 1. The van der Waals surface area contributed by atoms with Crippen LogP contribution in [0.3, 0.4) is 0 Å². The van der Waals surface area contributed by atoms with E-state index in [9.17, 15) is 31.9 Å². The molecule has 0 unspecified atom stereocenters. The molecule has 1 heterocycles. The van der Waals surface area contributed by atoms with Crippen molar-refractivity contribution in [2.24, 2.45) is 0 Å². The van der Waals surface area contributed by atoms with Gasteiger partial charge in [0.05, 0.1) is 17.6 Å². The van der Waals surface area contributed by atoms with Crippen LogP contribution >= 0.6 is 27.7 Å². The topological polar surface area (TPSA) is 84.9 Å². The van der Waals surface area contributed by atoms with Crippen LogP contribution in [0.5, 0.6) is 11.5 Å². The van der Waals surface area contributed by atoms with Gasteiger partial charge in [-0.1, -0.05) is 34.1 Å². The Hall–Kier alpha value is -3.84. The van der Waals surface area contributed by atoms with Gasteiger partial charge in [0.25, 0.3) is 11.1 Å². The van der Waals surface area contributed by atoms with Crippen molar-refractivity contribution >= 4 is 56.5 Å². The summed E-state index contributed by atoms with van der Waals surface area (Å²) in [6, 6.07) is 13.0. The molecule has 3 aromatic rings. The highest BCUT2D eigenvalue weighted by Gasteiger charge is 2.37. The number of rotatable bonds is 8. The number of anilines is 1. The fraction of sp³-hybridized carbons (Fsp3) is 0.148. The lowest BCUT2D eigenvalue weighted by Gasteiger charge is -2.14. The first-order valence-electron chi connectivity index (χ1n) is 11.4. The fourth-order valence-corrected chi connectivity index (χ4v) is 4.84. The number of carbonyl (C=O) groups is 3. The van der Waals surface area contributed by atoms with Crippen molar-refractivity contribution in [1.29, 1.82) is 0 Å². The van der Waals surface area contributed by atoms with Gasteiger partial charge < -0.3 is 14.8 Å². The quantitative estimate of drug-likeness (QED) is 0.214. The van der Waals surface area contributed by atoms with Gasteiger partial charge >= 0.3 is 6.18 Å². The van der Waals surface area contributed by atoms with E-state index in [4.69, 9.17) is 9.47 Å². The summed E-state index contributed by atoms with van der Waals surface area (Å²) >= 11 is 4.02. The SMILES string of the molecule is COc1cc(/C=C2\SC(=O)N(CC(=O)Nc3cccc(C(F)(F)F)c3)C2=O)c(Br)cc1OCc1ccc(F)cc1. The van der Waals surface area contributed by atoms with Crippen molar-refractivity contribution in [2.45, 2.75) is 12.8 Å². The second-order valence-corrected chi connectivity index (χ2v) is 10.2. The summed E-state index contributed by atoms with van der Waals surface area (Å²) < 4.78 is 63.6. The molecule has 3 amide bonds. The van der Waals surface area contributed by atoms with Gasteiger partial charge in [0, 0.05) is 10.2 Å². The lowest BCUT2D eigenvalue weighted by molar-refractivity contribution is -0.137. The average molecular weight is 639 g/mol. The van der Waals surface area contributed by atoms with Crippen LogP contribution < -0.4 is 14.8 Å². The van der Waals surface area contributed by atoms with Gasteiger partial charge in [0.15, 0.2) is 11.5 Å². The molecule has 3 aromatic carbocycles. The van der Waals surface area contributed by atoms with Crippen LogP contribution in [0.1, 0.15) is 16.7 Å². The molecule has 4 rings (SSSR count). The number of alkyl halides is 3. The van der Waals surface area contributed by atoms with Crippen LogP contribution in [0.15, 0.2) is 70.0 Å². The van der Waals surface area contributed by atoms with Gasteiger partial charge in [-0.3, -0.25) is 19.3 Å². The number of imide groups is 1. The molecule has 1 saturated heterocycles. The van der Waals surface area contributed by atoms with Gasteiger partial charge in [-0.15, -0.1) is 0 Å². The van der Waals surface area contributed by atoms with Crippen molar-refractivity contribution in [3.63, 3.8) is 0 Å². The smallest absolute Gasteiger partial charge is 0.416 e. The van der Waals surface area contributed by atoms with Crippen LogP contribution in [0.4, 0.5) is 28.0 Å². The number of hydrogen-bond donors (Lipinski definition) is 1. The van der Waals surface area contributed by atoms with Gasteiger partial charge in [-0.2, -0.15) is 13.2 Å². The minimum Gasteiger partial charge on any atom is -0.493 e. The average Bonchev–Trinajstić information content (AvgIpc) is 3.16. The second kappa shape index (κ2) is 12.1. The maximum absolute atomic E-state index is 13.1. The summed E-state index contributed by atoms with van der Waals surface area (Å²) in [6.07, 6.45) is -3.16. The summed E-state index contributed by atoms with van der Waals surface area (Å²) in [5.74, 6) is -1.24. The van der Waals surface area contributed by atoms with E-state index in [2.05, 4.69) is 21.2 Å². The standard InChI is InChI=1S/C27H19BrF4N2O5S/c1-38-21-9-16(20(28)12-22(21)39-14-15-5-7-18(29)8-6-15)10-23-25(36)34(26(37)40-23)13-24(35)33-19-4-2-3-17(11-19)27(30,31)32/h2-12H,13-14H2,1H3,(H,33,35)/b23-10-. The van der Waals surface area contributed by atoms with Gasteiger partial charge in [0.1, 0.15) is 19.0 Å². The number of benzene rings is 3. The van der Waals surface area contributed by atoms with Crippen LogP contribution in [0.2, 0.25) is 0 Å².